The maximum atomic E-state index is 12.1. The summed E-state index contributed by atoms with van der Waals surface area (Å²) < 4.78 is 28.3. The lowest BCUT2D eigenvalue weighted by Gasteiger charge is -2.30. The quantitative estimate of drug-likeness (QED) is 0.731. The Bertz CT molecular complexity index is 332. The van der Waals surface area contributed by atoms with Gasteiger partial charge >= 0.3 is 0 Å². The van der Waals surface area contributed by atoms with Crippen LogP contribution in [-0.4, -0.2) is 38.9 Å². The zero-order valence-corrected chi connectivity index (χ0v) is 12.4. The lowest BCUT2D eigenvalue weighted by atomic mass is 9.85. The molecule has 6 heteroatoms. The first-order valence-electron chi connectivity index (χ1n) is 6.93. The molecule has 0 aromatic rings. The molecule has 1 rings (SSSR count). The zero-order valence-electron chi connectivity index (χ0n) is 11.6. The average molecular weight is 277 g/mol. The van der Waals surface area contributed by atoms with E-state index in [1.807, 2.05) is 0 Å². The van der Waals surface area contributed by atoms with E-state index in [4.69, 9.17) is 5.73 Å². The van der Waals surface area contributed by atoms with Gasteiger partial charge < -0.3 is 5.73 Å². The first-order valence-corrected chi connectivity index (χ1v) is 8.37. The minimum atomic E-state index is -3.34. The van der Waals surface area contributed by atoms with Crippen molar-refractivity contribution in [2.45, 2.75) is 51.5 Å². The summed E-state index contributed by atoms with van der Waals surface area (Å²) in [6.45, 7) is 3.17. The molecular weight excluding hydrogens is 250 g/mol. The molecule has 1 aliphatic rings. The van der Waals surface area contributed by atoms with Gasteiger partial charge in [-0.25, -0.2) is 0 Å². The molecule has 0 spiro atoms. The first kappa shape index (κ1) is 15.9. The third kappa shape index (κ3) is 4.84. The Morgan fingerprint density at radius 3 is 2.72 bits per heavy atom. The highest BCUT2D eigenvalue weighted by Gasteiger charge is 2.26. The molecule has 18 heavy (non-hydrogen) atoms. The van der Waals surface area contributed by atoms with E-state index < -0.39 is 10.2 Å². The molecule has 5 nitrogen and oxygen atoms in total. The van der Waals surface area contributed by atoms with Crippen LogP contribution in [0, 0.1) is 5.92 Å². The van der Waals surface area contributed by atoms with Gasteiger partial charge in [0, 0.05) is 19.6 Å². The second kappa shape index (κ2) is 7.43. The van der Waals surface area contributed by atoms with E-state index in [1.165, 1.54) is 10.7 Å². The first-order chi connectivity index (χ1) is 8.49. The van der Waals surface area contributed by atoms with Crippen molar-refractivity contribution in [1.82, 2.24) is 9.03 Å². The molecular formula is C12H27N3O2S. The van der Waals surface area contributed by atoms with Crippen LogP contribution in [0.3, 0.4) is 0 Å². The van der Waals surface area contributed by atoms with E-state index in [1.54, 1.807) is 7.05 Å². The molecule has 0 aliphatic heterocycles. The van der Waals surface area contributed by atoms with E-state index in [0.29, 0.717) is 25.4 Å². The minimum absolute atomic E-state index is 0.106. The Morgan fingerprint density at radius 2 is 2.11 bits per heavy atom. The molecule has 0 radical (unpaired) electrons. The van der Waals surface area contributed by atoms with E-state index in [2.05, 4.69) is 11.6 Å². The van der Waals surface area contributed by atoms with Crippen molar-refractivity contribution >= 4 is 10.2 Å². The Morgan fingerprint density at radius 1 is 1.39 bits per heavy atom. The predicted octanol–water partition coefficient (Wildman–Crippen LogP) is 1.07. The Balaban J connectivity index is 2.48. The summed E-state index contributed by atoms with van der Waals surface area (Å²) in [5.74, 6) is 0.667. The molecule has 0 bridgehead atoms. The second-order valence-corrected chi connectivity index (χ2v) is 7.03. The maximum Gasteiger partial charge on any atom is 0.279 e. The molecule has 2 atom stereocenters. The summed E-state index contributed by atoms with van der Waals surface area (Å²) in [6.07, 6.45) is 6.12. The van der Waals surface area contributed by atoms with Crippen molar-refractivity contribution in [3.05, 3.63) is 0 Å². The van der Waals surface area contributed by atoms with Crippen LogP contribution in [0.2, 0.25) is 0 Å². The van der Waals surface area contributed by atoms with Crippen molar-refractivity contribution in [2.75, 3.05) is 20.1 Å². The number of nitrogens with one attached hydrogen (secondary N) is 1. The molecule has 2 unspecified atom stereocenters. The van der Waals surface area contributed by atoms with Crippen LogP contribution in [0.25, 0.3) is 0 Å². The molecule has 0 heterocycles. The standard InChI is InChI=1S/C12H27N3O2S/c1-3-11-6-4-7-12(10-11)14-18(16,17)15(2)9-5-8-13/h11-12,14H,3-10,13H2,1-2H3. The molecule has 3 N–H and O–H groups in total. The van der Waals surface area contributed by atoms with E-state index >= 15 is 0 Å². The molecule has 0 amide bonds. The van der Waals surface area contributed by atoms with Crippen LogP contribution in [-0.2, 0) is 10.2 Å². The number of nitrogens with zero attached hydrogens (tertiary/aromatic N) is 1. The van der Waals surface area contributed by atoms with Crippen molar-refractivity contribution < 1.29 is 8.42 Å². The second-order valence-electron chi connectivity index (χ2n) is 5.22. The van der Waals surface area contributed by atoms with Crippen LogP contribution >= 0.6 is 0 Å². The third-order valence-corrected chi connectivity index (χ3v) is 5.40. The third-order valence-electron chi connectivity index (χ3n) is 3.76. The van der Waals surface area contributed by atoms with Gasteiger partial charge in [0.1, 0.15) is 0 Å². The largest absolute Gasteiger partial charge is 0.330 e. The summed E-state index contributed by atoms with van der Waals surface area (Å²) >= 11 is 0. The zero-order chi connectivity index (χ0) is 13.6. The SMILES string of the molecule is CCC1CCCC(NS(=O)(=O)N(C)CCCN)C1. The predicted molar refractivity (Wildman–Crippen MR) is 74.4 cm³/mol. The average Bonchev–Trinajstić information content (AvgIpc) is 2.35. The molecule has 0 aromatic carbocycles. The van der Waals surface area contributed by atoms with Crippen molar-refractivity contribution in [3.8, 4) is 0 Å². The highest BCUT2D eigenvalue weighted by molar-refractivity contribution is 7.87. The van der Waals surface area contributed by atoms with Gasteiger partial charge in [-0.2, -0.15) is 17.4 Å². The number of nitrogens with two attached hydrogens (primary N) is 1. The fourth-order valence-electron chi connectivity index (χ4n) is 2.50. The van der Waals surface area contributed by atoms with Crippen molar-refractivity contribution in [3.63, 3.8) is 0 Å². The van der Waals surface area contributed by atoms with Gasteiger partial charge in [-0.1, -0.05) is 26.2 Å². The fourth-order valence-corrected chi connectivity index (χ4v) is 3.69. The van der Waals surface area contributed by atoms with Crippen LogP contribution in [0.4, 0.5) is 0 Å². The molecule has 0 aromatic heterocycles. The highest BCUT2D eigenvalue weighted by Crippen LogP contribution is 2.27. The van der Waals surface area contributed by atoms with E-state index in [-0.39, 0.29) is 6.04 Å². The summed E-state index contributed by atoms with van der Waals surface area (Å²) in [7, 11) is -1.73. The summed E-state index contributed by atoms with van der Waals surface area (Å²) in [4.78, 5) is 0. The summed E-state index contributed by atoms with van der Waals surface area (Å²) in [5.41, 5.74) is 5.40. The van der Waals surface area contributed by atoms with Crippen LogP contribution in [0.1, 0.15) is 45.4 Å². The number of hydrogen-bond donors (Lipinski definition) is 2. The fraction of sp³-hybridized carbons (Fsp3) is 1.00. The van der Waals surface area contributed by atoms with Gasteiger partial charge in [0.15, 0.2) is 0 Å². The van der Waals surface area contributed by atoms with Gasteiger partial charge in [0.25, 0.3) is 10.2 Å². The number of hydrogen-bond acceptors (Lipinski definition) is 3. The molecule has 1 saturated carbocycles. The van der Waals surface area contributed by atoms with Crippen molar-refractivity contribution in [1.29, 1.82) is 0 Å². The van der Waals surface area contributed by atoms with Gasteiger partial charge in [-0.3, -0.25) is 0 Å². The normalized spacial score (nSPS) is 25.6. The molecule has 108 valence electrons. The molecule has 0 saturated heterocycles. The van der Waals surface area contributed by atoms with Crippen LogP contribution in [0.5, 0.6) is 0 Å². The lowest BCUT2D eigenvalue weighted by Crippen LogP contribution is -2.45. The topological polar surface area (TPSA) is 75.4 Å². The van der Waals surface area contributed by atoms with Crippen LogP contribution in [0.15, 0.2) is 0 Å². The Kier molecular flexibility index (Phi) is 6.55. The highest BCUT2D eigenvalue weighted by atomic mass is 32.2. The molecule has 1 fully saturated rings. The maximum absolute atomic E-state index is 12.1. The van der Waals surface area contributed by atoms with E-state index in [9.17, 15) is 8.42 Å². The van der Waals surface area contributed by atoms with Crippen molar-refractivity contribution in [2.24, 2.45) is 11.7 Å². The van der Waals surface area contributed by atoms with Gasteiger partial charge in [0.05, 0.1) is 0 Å². The van der Waals surface area contributed by atoms with Gasteiger partial charge in [-0.05, 0) is 31.7 Å². The monoisotopic (exact) mass is 277 g/mol. The number of rotatable bonds is 7. The Hall–Kier alpha value is -0.170. The van der Waals surface area contributed by atoms with Gasteiger partial charge in [0.2, 0.25) is 0 Å². The summed E-state index contributed by atoms with van der Waals surface area (Å²) in [5, 5.41) is 0. The Labute approximate surface area is 111 Å². The summed E-state index contributed by atoms with van der Waals surface area (Å²) in [6, 6.07) is 0.106. The van der Waals surface area contributed by atoms with Crippen LogP contribution < -0.4 is 10.5 Å². The van der Waals surface area contributed by atoms with Gasteiger partial charge in [-0.15, -0.1) is 0 Å². The smallest absolute Gasteiger partial charge is 0.279 e. The minimum Gasteiger partial charge on any atom is -0.330 e. The van der Waals surface area contributed by atoms with E-state index in [0.717, 1.165) is 25.7 Å². The lowest BCUT2D eigenvalue weighted by molar-refractivity contribution is 0.297. The molecule has 1 aliphatic carbocycles.